The standard InChI is InChI=1S/C12H19N5O/c1-16(2)12-8(7-13)11(14)17(15-12)9-5-3-4-6-10(9)18/h9-10,18H,3-6,14H2,1-2H3. The Hall–Kier alpha value is -1.74. The SMILES string of the molecule is CN(C)c1nn(C2CCCCC2O)c(N)c1C#N. The third-order valence-corrected chi connectivity index (χ3v) is 3.47. The van der Waals surface area contributed by atoms with Crippen LogP contribution < -0.4 is 10.6 Å². The Balaban J connectivity index is 2.42. The normalized spacial score (nSPS) is 23.7. The number of aromatic nitrogens is 2. The largest absolute Gasteiger partial charge is 0.391 e. The van der Waals surface area contributed by atoms with Crippen LogP contribution >= 0.6 is 0 Å². The maximum absolute atomic E-state index is 10.0. The van der Waals surface area contributed by atoms with Gasteiger partial charge in [0.05, 0.1) is 12.1 Å². The van der Waals surface area contributed by atoms with Crippen LogP contribution in [-0.2, 0) is 0 Å². The lowest BCUT2D eigenvalue weighted by Gasteiger charge is -2.28. The number of nitrogens with two attached hydrogens (primary N) is 1. The third kappa shape index (κ3) is 2.02. The fourth-order valence-corrected chi connectivity index (χ4v) is 2.49. The Morgan fingerprint density at radius 2 is 2.11 bits per heavy atom. The summed E-state index contributed by atoms with van der Waals surface area (Å²) in [6, 6.07) is 1.98. The number of anilines is 2. The summed E-state index contributed by atoms with van der Waals surface area (Å²) in [7, 11) is 3.65. The van der Waals surface area contributed by atoms with Crippen LogP contribution in [0.4, 0.5) is 11.6 Å². The lowest BCUT2D eigenvalue weighted by Crippen LogP contribution is -2.29. The van der Waals surface area contributed by atoms with Crippen molar-refractivity contribution in [3.05, 3.63) is 5.56 Å². The van der Waals surface area contributed by atoms with Crippen molar-refractivity contribution < 1.29 is 5.11 Å². The van der Waals surface area contributed by atoms with E-state index in [-0.39, 0.29) is 6.04 Å². The zero-order chi connectivity index (χ0) is 13.3. The van der Waals surface area contributed by atoms with Gasteiger partial charge in [0.25, 0.3) is 0 Å². The second-order valence-electron chi connectivity index (χ2n) is 4.95. The summed E-state index contributed by atoms with van der Waals surface area (Å²) in [6.07, 6.45) is 3.28. The number of aliphatic hydroxyl groups is 1. The molecule has 1 aliphatic rings. The number of hydrogen-bond acceptors (Lipinski definition) is 5. The van der Waals surface area contributed by atoms with E-state index in [1.807, 2.05) is 14.1 Å². The summed E-state index contributed by atoms with van der Waals surface area (Å²) in [5, 5.41) is 23.6. The molecule has 1 aromatic heterocycles. The van der Waals surface area contributed by atoms with Gasteiger partial charge in [0.2, 0.25) is 0 Å². The van der Waals surface area contributed by atoms with E-state index in [1.165, 1.54) is 0 Å². The summed E-state index contributed by atoms with van der Waals surface area (Å²) >= 11 is 0. The second-order valence-corrected chi connectivity index (χ2v) is 4.95. The molecule has 98 valence electrons. The molecule has 1 fully saturated rings. The molecule has 2 unspecified atom stereocenters. The van der Waals surface area contributed by atoms with Gasteiger partial charge in [-0.1, -0.05) is 12.8 Å². The van der Waals surface area contributed by atoms with Crippen LogP contribution in [-0.4, -0.2) is 35.1 Å². The van der Waals surface area contributed by atoms with E-state index in [1.54, 1.807) is 9.58 Å². The predicted octanol–water partition coefficient (Wildman–Crippen LogP) is 0.879. The summed E-state index contributed by atoms with van der Waals surface area (Å²) in [5.41, 5.74) is 6.37. The minimum absolute atomic E-state index is 0.112. The monoisotopic (exact) mass is 249 g/mol. The van der Waals surface area contributed by atoms with Crippen molar-refractivity contribution in [1.82, 2.24) is 9.78 Å². The van der Waals surface area contributed by atoms with Gasteiger partial charge < -0.3 is 15.7 Å². The molecule has 0 saturated heterocycles. The van der Waals surface area contributed by atoms with Gasteiger partial charge in [0, 0.05) is 14.1 Å². The van der Waals surface area contributed by atoms with Crippen molar-refractivity contribution in [2.45, 2.75) is 37.8 Å². The number of nitrogens with zero attached hydrogens (tertiary/aromatic N) is 4. The molecular weight excluding hydrogens is 230 g/mol. The number of hydrogen-bond donors (Lipinski definition) is 2. The van der Waals surface area contributed by atoms with Crippen LogP contribution in [0, 0.1) is 11.3 Å². The maximum atomic E-state index is 10.0. The minimum atomic E-state index is -0.428. The fourth-order valence-electron chi connectivity index (χ4n) is 2.49. The first kappa shape index (κ1) is 12.7. The number of nitrogen functional groups attached to an aromatic ring is 1. The first-order chi connectivity index (χ1) is 8.56. The van der Waals surface area contributed by atoms with E-state index in [9.17, 15) is 5.11 Å². The van der Waals surface area contributed by atoms with Crippen molar-refractivity contribution in [3.8, 4) is 6.07 Å². The van der Waals surface area contributed by atoms with Crippen molar-refractivity contribution in [2.75, 3.05) is 24.7 Å². The molecule has 2 atom stereocenters. The third-order valence-electron chi connectivity index (χ3n) is 3.47. The van der Waals surface area contributed by atoms with Crippen LogP contribution in [0.1, 0.15) is 37.3 Å². The van der Waals surface area contributed by atoms with Crippen molar-refractivity contribution in [2.24, 2.45) is 0 Å². The molecule has 18 heavy (non-hydrogen) atoms. The molecule has 1 heterocycles. The van der Waals surface area contributed by atoms with Gasteiger partial charge >= 0.3 is 0 Å². The highest BCUT2D eigenvalue weighted by molar-refractivity contribution is 5.64. The Morgan fingerprint density at radius 3 is 2.61 bits per heavy atom. The van der Waals surface area contributed by atoms with E-state index < -0.39 is 6.10 Å². The van der Waals surface area contributed by atoms with E-state index in [4.69, 9.17) is 11.0 Å². The van der Waals surface area contributed by atoms with Gasteiger partial charge in [0.1, 0.15) is 17.5 Å². The lowest BCUT2D eigenvalue weighted by atomic mass is 9.93. The molecule has 6 heteroatoms. The molecule has 1 aromatic rings. The van der Waals surface area contributed by atoms with Gasteiger partial charge in [-0.2, -0.15) is 10.4 Å². The molecule has 0 bridgehead atoms. The zero-order valence-corrected chi connectivity index (χ0v) is 10.8. The lowest BCUT2D eigenvalue weighted by molar-refractivity contribution is 0.0706. The number of nitriles is 1. The summed E-state index contributed by atoms with van der Waals surface area (Å²) < 4.78 is 1.62. The molecule has 1 aliphatic carbocycles. The van der Waals surface area contributed by atoms with Crippen molar-refractivity contribution >= 4 is 11.6 Å². The van der Waals surface area contributed by atoms with E-state index >= 15 is 0 Å². The highest BCUT2D eigenvalue weighted by Crippen LogP contribution is 2.33. The molecule has 1 saturated carbocycles. The van der Waals surface area contributed by atoms with Crippen molar-refractivity contribution in [3.63, 3.8) is 0 Å². The molecule has 0 spiro atoms. The summed E-state index contributed by atoms with van der Waals surface area (Å²) in [6.45, 7) is 0. The smallest absolute Gasteiger partial charge is 0.170 e. The van der Waals surface area contributed by atoms with Crippen LogP contribution in [0.2, 0.25) is 0 Å². The predicted molar refractivity (Wildman–Crippen MR) is 69.2 cm³/mol. The van der Waals surface area contributed by atoms with Crippen LogP contribution in [0.25, 0.3) is 0 Å². The number of aliphatic hydroxyl groups excluding tert-OH is 1. The Morgan fingerprint density at radius 1 is 1.44 bits per heavy atom. The van der Waals surface area contributed by atoms with Gasteiger partial charge in [-0.05, 0) is 12.8 Å². The topological polar surface area (TPSA) is 91.1 Å². The summed E-state index contributed by atoms with van der Waals surface area (Å²) in [5.74, 6) is 0.917. The fraction of sp³-hybridized carbons (Fsp3) is 0.667. The molecule has 0 aromatic carbocycles. The molecule has 0 amide bonds. The second kappa shape index (κ2) is 4.86. The van der Waals surface area contributed by atoms with Crippen LogP contribution in [0.15, 0.2) is 0 Å². The molecule has 2 rings (SSSR count). The first-order valence-electron chi connectivity index (χ1n) is 6.19. The van der Waals surface area contributed by atoms with E-state index in [0.29, 0.717) is 17.2 Å². The zero-order valence-electron chi connectivity index (χ0n) is 10.8. The first-order valence-corrected chi connectivity index (χ1v) is 6.19. The quantitative estimate of drug-likeness (QED) is 0.811. The molecule has 3 N–H and O–H groups in total. The highest BCUT2D eigenvalue weighted by Gasteiger charge is 2.29. The van der Waals surface area contributed by atoms with Gasteiger partial charge in [-0.25, -0.2) is 4.68 Å². The molecule has 0 aliphatic heterocycles. The van der Waals surface area contributed by atoms with Crippen LogP contribution in [0.5, 0.6) is 0 Å². The summed E-state index contributed by atoms with van der Waals surface area (Å²) in [4.78, 5) is 1.76. The average Bonchev–Trinajstić information content (AvgIpc) is 2.67. The maximum Gasteiger partial charge on any atom is 0.170 e. The van der Waals surface area contributed by atoms with Crippen LogP contribution in [0.3, 0.4) is 0 Å². The highest BCUT2D eigenvalue weighted by atomic mass is 16.3. The Kier molecular flexibility index (Phi) is 3.43. The van der Waals surface area contributed by atoms with Crippen molar-refractivity contribution in [1.29, 1.82) is 5.26 Å². The molecule has 6 nitrogen and oxygen atoms in total. The Labute approximate surface area is 107 Å². The minimum Gasteiger partial charge on any atom is -0.391 e. The van der Waals surface area contributed by atoms with Gasteiger partial charge in [0.15, 0.2) is 5.82 Å². The number of rotatable bonds is 2. The van der Waals surface area contributed by atoms with E-state index in [2.05, 4.69) is 11.2 Å². The van der Waals surface area contributed by atoms with Gasteiger partial charge in [-0.3, -0.25) is 0 Å². The molecule has 0 radical (unpaired) electrons. The Bertz CT molecular complexity index is 474. The molecular formula is C12H19N5O. The average molecular weight is 249 g/mol. The van der Waals surface area contributed by atoms with Gasteiger partial charge in [-0.15, -0.1) is 0 Å². The van der Waals surface area contributed by atoms with E-state index in [0.717, 1.165) is 25.7 Å².